The third-order valence-electron chi connectivity index (χ3n) is 3.25. The molecule has 5 nitrogen and oxygen atoms in total. The fourth-order valence-corrected chi connectivity index (χ4v) is 2.20. The van der Waals surface area contributed by atoms with Gasteiger partial charge in [0.25, 0.3) is 0 Å². The van der Waals surface area contributed by atoms with Gasteiger partial charge in [-0.05, 0) is 36.8 Å². The lowest BCUT2D eigenvalue weighted by Crippen LogP contribution is -2.10. The predicted molar refractivity (Wildman–Crippen MR) is 96.1 cm³/mol. The van der Waals surface area contributed by atoms with Crippen molar-refractivity contribution < 1.29 is 14.3 Å². The molecular weight excluding hydrogens is 304 g/mol. The normalized spacial score (nSPS) is 10.5. The van der Waals surface area contributed by atoms with E-state index in [2.05, 4.69) is 10.6 Å². The summed E-state index contributed by atoms with van der Waals surface area (Å²) in [6, 6.07) is 12.9. The lowest BCUT2D eigenvalue weighted by molar-refractivity contribution is -0.114. The van der Waals surface area contributed by atoms with Crippen molar-refractivity contribution in [1.29, 1.82) is 0 Å². The summed E-state index contributed by atoms with van der Waals surface area (Å²) < 4.78 is 5.18. The first-order valence-electron chi connectivity index (χ1n) is 7.49. The zero-order chi connectivity index (χ0) is 17.5. The van der Waals surface area contributed by atoms with Crippen LogP contribution in [0.25, 0.3) is 6.08 Å². The summed E-state index contributed by atoms with van der Waals surface area (Å²) in [6.07, 6.45) is 3.22. The second-order valence-corrected chi connectivity index (χ2v) is 5.33. The van der Waals surface area contributed by atoms with Crippen LogP contribution in [0.5, 0.6) is 5.75 Å². The molecule has 0 saturated carbocycles. The van der Waals surface area contributed by atoms with Crippen LogP contribution < -0.4 is 15.4 Å². The third-order valence-corrected chi connectivity index (χ3v) is 3.25. The van der Waals surface area contributed by atoms with E-state index in [0.717, 1.165) is 11.1 Å². The maximum Gasteiger partial charge on any atom is 0.248 e. The predicted octanol–water partition coefficient (Wildman–Crippen LogP) is 3.61. The molecule has 24 heavy (non-hydrogen) atoms. The van der Waals surface area contributed by atoms with E-state index in [9.17, 15) is 9.59 Å². The maximum atomic E-state index is 12.0. The van der Waals surface area contributed by atoms with Crippen LogP contribution in [0, 0.1) is 6.92 Å². The number of hydrogen-bond donors (Lipinski definition) is 2. The first-order valence-corrected chi connectivity index (χ1v) is 7.49. The highest BCUT2D eigenvalue weighted by molar-refractivity contribution is 6.02. The zero-order valence-corrected chi connectivity index (χ0v) is 13.9. The van der Waals surface area contributed by atoms with Crippen LogP contribution in [0.4, 0.5) is 11.4 Å². The van der Waals surface area contributed by atoms with E-state index in [4.69, 9.17) is 4.74 Å². The smallest absolute Gasteiger partial charge is 0.248 e. The second kappa shape index (κ2) is 7.97. The molecule has 0 aliphatic rings. The molecule has 0 fully saturated rings. The molecule has 0 bridgehead atoms. The highest BCUT2D eigenvalue weighted by Gasteiger charge is 2.07. The summed E-state index contributed by atoms with van der Waals surface area (Å²) in [5, 5.41) is 5.43. The summed E-state index contributed by atoms with van der Waals surface area (Å²) in [5.41, 5.74) is 3.16. The van der Waals surface area contributed by atoms with Gasteiger partial charge in [-0.3, -0.25) is 9.59 Å². The van der Waals surface area contributed by atoms with Gasteiger partial charge in [-0.15, -0.1) is 0 Å². The summed E-state index contributed by atoms with van der Waals surface area (Å²) in [5.74, 6) is 0.0602. The highest BCUT2D eigenvalue weighted by Crippen LogP contribution is 2.27. The van der Waals surface area contributed by atoms with E-state index >= 15 is 0 Å². The topological polar surface area (TPSA) is 67.4 Å². The molecule has 0 spiro atoms. The maximum absolute atomic E-state index is 12.0. The molecule has 0 unspecified atom stereocenters. The number of methoxy groups -OCH3 is 1. The molecule has 0 saturated heterocycles. The minimum absolute atomic E-state index is 0.212. The van der Waals surface area contributed by atoms with Crippen molar-refractivity contribution in [3.05, 3.63) is 59.7 Å². The number of aryl methyl sites for hydroxylation is 1. The van der Waals surface area contributed by atoms with E-state index in [1.54, 1.807) is 24.3 Å². The number of amides is 2. The van der Waals surface area contributed by atoms with Crippen molar-refractivity contribution in [2.45, 2.75) is 13.8 Å². The minimum atomic E-state index is -0.254. The number of carbonyl (C=O) groups is 2. The largest absolute Gasteiger partial charge is 0.495 e. The molecule has 2 rings (SSSR count). The van der Waals surface area contributed by atoms with Gasteiger partial charge in [0.15, 0.2) is 0 Å². The van der Waals surface area contributed by atoms with Gasteiger partial charge in [-0.25, -0.2) is 0 Å². The number of hydrogen-bond acceptors (Lipinski definition) is 3. The van der Waals surface area contributed by atoms with Gasteiger partial charge < -0.3 is 15.4 Å². The molecule has 2 aromatic carbocycles. The Balaban J connectivity index is 2.09. The Hall–Kier alpha value is -3.08. The minimum Gasteiger partial charge on any atom is -0.495 e. The van der Waals surface area contributed by atoms with E-state index in [-0.39, 0.29) is 11.8 Å². The molecule has 0 atom stereocenters. The first-order chi connectivity index (χ1) is 11.5. The number of ether oxygens (including phenoxy) is 1. The number of rotatable bonds is 5. The van der Waals surface area contributed by atoms with Crippen LogP contribution in [0.15, 0.2) is 48.5 Å². The Morgan fingerprint density at radius 2 is 1.88 bits per heavy atom. The van der Waals surface area contributed by atoms with Crippen LogP contribution in [0.2, 0.25) is 0 Å². The molecule has 2 N–H and O–H groups in total. The zero-order valence-electron chi connectivity index (χ0n) is 13.9. The molecule has 0 aliphatic carbocycles. The quantitative estimate of drug-likeness (QED) is 0.826. The van der Waals surface area contributed by atoms with Gasteiger partial charge in [0.05, 0.1) is 12.8 Å². The van der Waals surface area contributed by atoms with Crippen LogP contribution in [0.3, 0.4) is 0 Å². The summed E-state index contributed by atoms with van der Waals surface area (Å²) >= 11 is 0. The van der Waals surface area contributed by atoms with E-state index in [1.807, 2.05) is 31.2 Å². The fraction of sp³-hybridized carbons (Fsp3) is 0.158. The monoisotopic (exact) mass is 324 g/mol. The standard InChI is InChI=1S/C19H20N2O3/c1-13-5-4-6-15(11-13)7-10-19(23)21-16-8-9-18(24-3)17(12-16)20-14(2)22/h4-12H,1-3H3,(H,20,22)(H,21,23)/b10-7+. The van der Waals surface area contributed by atoms with Crippen molar-refractivity contribution in [2.75, 3.05) is 17.7 Å². The van der Waals surface area contributed by atoms with E-state index < -0.39 is 0 Å². The molecule has 2 amide bonds. The highest BCUT2D eigenvalue weighted by atomic mass is 16.5. The summed E-state index contributed by atoms with van der Waals surface area (Å²) in [4.78, 5) is 23.3. The molecule has 5 heteroatoms. The first kappa shape index (κ1) is 17.3. The summed E-state index contributed by atoms with van der Waals surface area (Å²) in [7, 11) is 1.52. The lowest BCUT2D eigenvalue weighted by atomic mass is 10.1. The number of anilines is 2. The number of carbonyl (C=O) groups excluding carboxylic acids is 2. The van der Waals surface area contributed by atoms with Crippen molar-refractivity contribution in [3.63, 3.8) is 0 Å². The SMILES string of the molecule is COc1ccc(NC(=O)/C=C/c2cccc(C)c2)cc1NC(C)=O. The Morgan fingerprint density at radius 3 is 2.54 bits per heavy atom. The van der Waals surface area contributed by atoms with Gasteiger partial charge in [-0.2, -0.15) is 0 Å². The van der Waals surface area contributed by atoms with Gasteiger partial charge >= 0.3 is 0 Å². The number of benzene rings is 2. The average Bonchev–Trinajstić information content (AvgIpc) is 2.53. The van der Waals surface area contributed by atoms with Gasteiger partial charge in [0.2, 0.25) is 11.8 Å². The van der Waals surface area contributed by atoms with Crippen molar-refractivity contribution >= 4 is 29.3 Å². The number of nitrogens with one attached hydrogen (secondary N) is 2. The van der Waals surface area contributed by atoms with Crippen LogP contribution in [-0.4, -0.2) is 18.9 Å². The van der Waals surface area contributed by atoms with Crippen molar-refractivity contribution in [3.8, 4) is 5.75 Å². The molecular formula is C19H20N2O3. The van der Waals surface area contributed by atoms with Crippen molar-refractivity contribution in [1.82, 2.24) is 0 Å². The van der Waals surface area contributed by atoms with Gasteiger partial charge in [-0.1, -0.05) is 29.8 Å². The lowest BCUT2D eigenvalue weighted by Gasteiger charge is -2.11. The summed E-state index contributed by atoms with van der Waals surface area (Å²) in [6.45, 7) is 3.41. The Morgan fingerprint density at radius 1 is 1.08 bits per heavy atom. The van der Waals surface area contributed by atoms with Crippen LogP contribution in [-0.2, 0) is 9.59 Å². The van der Waals surface area contributed by atoms with Gasteiger partial charge in [0.1, 0.15) is 5.75 Å². The van der Waals surface area contributed by atoms with Crippen molar-refractivity contribution in [2.24, 2.45) is 0 Å². The molecule has 0 aliphatic heterocycles. The Bertz CT molecular complexity index is 782. The van der Waals surface area contributed by atoms with Crippen LogP contribution >= 0.6 is 0 Å². The van der Waals surface area contributed by atoms with Crippen LogP contribution in [0.1, 0.15) is 18.1 Å². The van der Waals surface area contributed by atoms with Gasteiger partial charge in [0, 0.05) is 18.7 Å². The Labute approximate surface area is 141 Å². The van der Waals surface area contributed by atoms with E-state index in [0.29, 0.717) is 17.1 Å². The fourth-order valence-electron chi connectivity index (χ4n) is 2.20. The molecule has 0 heterocycles. The Kier molecular flexibility index (Phi) is 5.73. The molecule has 2 aromatic rings. The molecule has 0 radical (unpaired) electrons. The molecule has 124 valence electrons. The third kappa shape index (κ3) is 4.98. The molecule has 0 aromatic heterocycles. The second-order valence-electron chi connectivity index (χ2n) is 5.33. The average molecular weight is 324 g/mol. The van der Waals surface area contributed by atoms with E-state index in [1.165, 1.54) is 20.1 Å².